The van der Waals surface area contributed by atoms with E-state index in [2.05, 4.69) is 126 Å². The summed E-state index contributed by atoms with van der Waals surface area (Å²) in [6.07, 6.45) is 14.0. The van der Waals surface area contributed by atoms with Gasteiger partial charge in [0.05, 0.1) is 0 Å². The van der Waals surface area contributed by atoms with Crippen molar-refractivity contribution >= 4 is 74.1 Å². The van der Waals surface area contributed by atoms with Crippen molar-refractivity contribution in [2.24, 2.45) is 0 Å². The monoisotopic (exact) mass is 988 g/mol. The molecule has 4 aromatic rings. The van der Waals surface area contributed by atoms with Crippen LogP contribution in [-0.2, 0) is 28.4 Å². The molecule has 0 aliphatic carbocycles. The summed E-state index contributed by atoms with van der Waals surface area (Å²) < 4.78 is 29.7. The van der Waals surface area contributed by atoms with Gasteiger partial charge in [0.15, 0.2) is 0 Å². The molecule has 66 heavy (non-hydrogen) atoms. The number of hydrogen-bond acceptors (Lipinski definition) is 6. The van der Waals surface area contributed by atoms with Gasteiger partial charge in [0.2, 0.25) is 0 Å². The Bertz CT molecular complexity index is 1460. The van der Waals surface area contributed by atoms with Gasteiger partial charge in [0.25, 0.3) is 0 Å². The van der Waals surface area contributed by atoms with Crippen LogP contribution in [0.3, 0.4) is 0 Å². The first-order valence-corrected chi connectivity index (χ1v) is 23.7. The van der Waals surface area contributed by atoms with Crippen molar-refractivity contribution in [2.75, 3.05) is 79.3 Å². The second kappa shape index (κ2) is 40.8. The SMILES string of the molecule is C1CCOC1.C1CCOC1.C1CCOC1.C1CCOC1.C1CCOC1.C1CCOC1.Cc1cc(C)cc([B-](c2ccccc2)(c2cc(C)cc(C)c2)c2cc(C)cc(C)c2)c1.[Cl-].[Cl-].[Cl-].[Mg+2].[Mg+2]. The Hall–Kier alpha value is -0.893. The summed E-state index contributed by atoms with van der Waals surface area (Å²) in [7, 11) is 0. The van der Waals surface area contributed by atoms with E-state index in [0.29, 0.717) is 0 Å². The van der Waals surface area contributed by atoms with E-state index >= 15 is 0 Å². The molecule has 10 rings (SSSR count). The van der Waals surface area contributed by atoms with Gasteiger partial charge >= 0.3 is 46.1 Å². The molecule has 0 unspecified atom stereocenters. The van der Waals surface area contributed by atoms with Gasteiger partial charge in [-0.05, 0) is 119 Å². The van der Waals surface area contributed by atoms with E-state index in [1.165, 1.54) is 132 Å². The van der Waals surface area contributed by atoms with Crippen molar-refractivity contribution in [3.05, 3.63) is 118 Å². The third-order valence-electron chi connectivity index (χ3n) is 11.5. The van der Waals surface area contributed by atoms with Crippen LogP contribution >= 0.6 is 0 Å². The summed E-state index contributed by atoms with van der Waals surface area (Å²) in [6.45, 7) is 25.3. The predicted molar refractivity (Wildman–Crippen MR) is 270 cm³/mol. The van der Waals surface area contributed by atoms with Crippen molar-refractivity contribution in [1.82, 2.24) is 0 Å². The molecule has 0 radical (unpaired) electrons. The van der Waals surface area contributed by atoms with E-state index < -0.39 is 6.15 Å². The smallest absolute Gasteiger partial charge is 1.00 e. The average Bonchev–Trinajstić information content (AvgIpc) is 4.10. The van der Waals surface area contributed by atoms with E-state index in [-0.39, 0.29) is 83.3 Å². The van der Waals surface area contributed by atoms with Crippen LogP contribution in [0.25, 0.3) is 0 Å². The molecule has 6 aliphatic heterocycles. The van der Waals surface area contributed by atoms with E-state index in [1.807, 2.05) is 0 Å². The number of ether oxygens (including phenoxy) is 6. The Morgan fingerprint density at radius 1 is 0.273 bits per heavy atom. The van der Waals surface area contributed by atoms with Crippen molar-refractivity contribution in [2.45, 2.75) is 119 Å². The topological polar surface area (TPSA) is 55.4 Å². The molecule has 6 aliphatic rings. The fraction of sp³-hybridized carbons (Fsp3) is 0.556. The maximum Gasteiger partial charge on any atom is 2.00 e. The zero-order chi connectivity index (χ0) is 43.4. The molecule has 360 valence electrons. The molecule has 6 nitrogen and oxygen atoms in total. The minimum atomic E-state index is -1.33. The maximum absolute atomic E-state index is 4.94. The molecule has 0 N–H and O–H groups in total. The van der Waals surface area contributed by atoms with Gasteiger partial charge < -0.3 is 65.6 Å². The summed E-state index contributed by atoms with van der Waals surface area (Å²) in [5, 5.41) is 0. The summed E-state index contributed by atoms with van der Waals surface area (Å²) in [4.78, 5) is 0. The van der Waals surface area contributed by atoms with Crippen molar-refractivity contribution < 1.29 is 65.6 Å². The molecule has 0 aromatic heterocycles. The zero-order valence-electron chi connectivity index (χ0n) is 41.6. The van der Waals surface area contributed by atoms with Gasteiger partial charge in [0.1, 0.15) is 6.15 Å². The van der Waals surface area contributed by atoms with Gasteiger partial charge in [-0.25, -0.2) is 0 Å². The van der Waals surface area contributed by atoms with Gasteiger partial charge in [-0.15, -0.1) is 0 Å². The van der Waals surface area contributed by atoms with Gasteiger partial charge in [0, 0.05) is 79.3 Å². The normalized spacial score (nSPS) is 16.3. The summed E-state index contributed by atoms with van der Waals surface area (Å²) in [6, 6.07) is 32.3. The molecule has 6 fully saturated rings. The molecular formula is C54H80BCl3Mg2O6. The molecule has 0 atom stereocenters. The molecule has 0 spiro atoms. The summed E-state index contributed by atoms with van der Waals surface area (Å²) in [5.41, 5.74) is 13.4. The molecule has 4 aromatic carbocycles. The van der Waals surface area contributed by atoms with Crippen LogP contribution in [0.4, 0.5) is 0 Å². The van der Waals surface area contributed by atoms with Crippen molar-refractivity contribution in [3.63, 3.8) is 0 Å². The van der Waals surface area contributed by atoms with Crippen LogP contribution in [-0.4, -0.2) is 132 Å². The fourth-order valence-corrected chi connectivity index (χ4v) is 8.74. The summed E-state index contributed by atoms with van der Waals surface area (Å²) in [5.74, 6) is 0. The van der Waals surface area contributed by atoms with E-state index in [4.69, 9.17) is 28.4 Å². The third-order valence-corrected chi connectivity index (χ3v) is 11.5. The number of aryl methyl sites for hydroxylation is 6. The second-order valence-electron chi connectivity index (χ2n) is 17.5. The third kappa shape index (κ3) is 25.8. The van der Waals surface area contributed by atoms with Crippen molar-refractivity contribution in [1.29, 1.82) is 0 Å². The molecule has 0 bridgehead atoms. The minimum absolute atomic E-state index is 0. The van der Waals surface area contributed by atoms with Gasteiger partial charge in [-0.3, -0.25) is 0 Å². The Morgan fingerprint density at radius 3 is 0.606 bits per heavy atom. The van der Waals surface area contributed by atoms with Crippen LogP contribution in [0.1, 0.15) is 110 Å². The average molecular weight is 991 g/mol. The number of rotatable bonds is 4. The van der Waals surface area contributed by atoms with Crippen molar-refractivity contribution in [3.8, 4) is 0 Å². The van der Waals surface area contributed by atoms with E-state index in [0.717, 1.165) is 79.3 Å². The maximum atomic E-state index is 4.94. The number of halogens is 3. The van der Waals surface area contributed by atoms with E-state index in [1.54, 1.807) is 0 Å². The molecule has 6 heterocycles. The quantitative estimate of drug-likeness (QED) is 0.268. The zero-order valence-corrected chi connectivity index (χ0v) is 46.7. The van der Waals surface area contributed by atoms with Crippen LogP contribution in [0.2, 0.25) is 0 Å². The van der Waals surface area contributed by atoms with Crippen LogP contribution in [0, 0.1) is 41.5 Å². The molecule has 0 saturated carbocycles. The molecule has 6 saturated heterocycles. The van der Waals surface area contributed by atoms with Crippen LogP contribution in [0.15, 0.2) is 84.9 Å². The first-order valence-electron chi connectivity index (χ1n) is 23.7. The Labute approximate surface area is 452 Å². The number of hydrogen-bond donors (Lipinski definition) is 0. The minimum Gasteiger partial charge on any atom is -1.00 e. The molecule has 0 amide bonds. The predicted octanol–water partition coefficient (Wildman–Crippen LogP) is -0.0543. The Morgan fingerprint density at radius 2 is 0.455 bits per heavy atom. The van der Waals surface area contributed by atoms with Crippen LogP contribution in [0.5, 0.6) is 0 Å². The Balaban J connectivity index is 0. The second-order valence-corrected chi connectivity index (χ2v) is 17.5. The van der Waals surface area contributed by atoms with E-state index in [9.17, 15) is 0 Å². The van der Waals surface area contributed by atoms with Gasteiger partial charge in [-0.1, -0.05) is 118 Å². The molecular weight excluding hydrogens is 910 g/mol. The first kappa shape index (κ1) is 67.2. The first-order chi connectivity index (χ1) is 29.8. The molecule has 12 heteroatoms. The largest absolute Gasteiger partial charge is 2.00 e. The number of benzene rings is 4. The summed E-state index contributed by atoms with van der Waals surface area (Å²) >= 11 is 0. The standard InChI is InChI=1S/C30H32B.6C4H8O.3ClH.2Mg/c1-21-12-22(2)16-28(15-21)31(27-10-8-7-9-11-27,29-17-23(3)13-24(4)18-29)30-19-25(5)14-26(6)20-30;6*1-2-4-5-3-1;;;;;/h7-20H,1-6H3;6*1-4H2;3*1H;;/q-1;;;;;;;;;;2*+2/p-3. The Kier molecular flexibility index (Phi) is 41.5. The van der Waals surface area contributed by atoms with Gasteiger partial charge in [-0.2, -0.15) is 21.9 Å². The van der Waals surface area contributed by atoms with Crippen LogP contribution < -0.4 is 59.1 Å². The fourth-order valence-electron chi connectivity index (χ4n) is 8.74.